The van der Waals surface area contributed by atoms with Crippen LogP contribution in [0.4, 0.5) is 5.69 Å². The smallest absolute Gasteiger partial charge is 0.253 e. The standard InChI is InChI=1S/C12H8N2O2/c15-11-8-4-7-10(12(11)16)14-13-9-5-2-1-3-6-9/h1-8H. The molecule has 0 atom stereocenters. The lowest BCUT2D eigenvalue weighted by molar-refractivity contribution is -0.131. The molecule has 0 bridgehead atoms. The molecule has 0 unspecified atom stereocenters. The monoisotopic (exact) mass is 212 g/mol. The van der Waals surface area contributed by atoms with Gasteiger partial charge in [-0.1, -0.05) is 24.3 Å². The highest BCUT2D eigenvalue weighted by molar-refractivity contribution is 6.48. The van der Waals surface area contributed by atoms with Crippen molar-refractivity contribution in [3.63, 3.8) is 0 Å². The Morgan fingerprint density at radius 1 is 0.938 bits per heavy atom. The van der Waals surface area contributed by atoms with Crippen molar-refractivity contribution in [1.29, 1.82) is 0 Å². The van der Waals surface area contributed by atoms with Crippen molar-refractivity contribution < 1.29 is 9.59 Å². The number of azo groups is 1. The van der Waals surface area contributed by atoms with Crippen molar-refractivity contribution in [1.82, 2.24) is 0 Å². The minimum Gasteiger partial charge on any atom is -0.285 e. The predicted octanol–water partition coefficient (Wildman–Crippen LogP) is 2.36. The number of ketones is 2. The van der Waals surface area contributed by atoms with Gasteiger partial charge in [0.05, 0.1) is 5.69 Å². The number of nitrogens with zero attached hydrogens (tertiary/aromatic N) is 2. The summed E-state index contributed by atoms with van der Waals surface area (Å²) in [5, 5.41) is 7.61. The van der Waals surface area contributed by atoms with E-state index in [9.17, 15) is 9.59 Å². The number of carbonyl (C=O) groups is 2. The van der Waals surface area contributed by atoms with Gasteiger partial charge in [0.15, 0.2) is 0 Å². The molecule has 4 nitrogen and oxygen atoms in total. The summed E-state index contributed by atoms with van der Waals surface area (Å²) in [7, 11) is 0. The Morgan fingerprint density at radius 2 is 1.69 bits per heavy atom. The third kappa shape index (κ3) is 2.17. The summed E-state index contributed by atoms with van der Waals surface area (Å²) in [6.45, 7) is 0. The molecule has 0 aromatic heterocycles. The van der Waals surface area contributed by atoms with E-state index < -0.39 is 11.6 Å². The van der Waals surface area contributed by atoms with Gasteiger partial charge < -0.3 is 0 Å². The fraction of sp³-hybridized carbons (Fsp3) is 0. The molecule has 4 heteroatoms. The van der Waals surface area contributed by atoms with Gasteiger partial charge in [-0.25, -0.2) is 0 Å². The fourth-order valence-corrected chi connectivity index (χ4v) is 1.19. The average Bonchev–Trinajstić information content (AvgIpc) is 2.32. The predicted molar refractivity (Wildman–Crippen MR) is 58.2 cm³/mol. The third-order valence-electron chi connectivity index (χ3n) is 1.99. The van der Waals surface area contributed by atoms with Crippen LogP contribution in [0, 0.1) is 0 Å². The van der Waals surface area contributed by atoms with Crippen molar-refractivity contribution in [2.45, 2.75) is 0 Å². The summed E-state index contributed by atoms with van der Waals surface area (Å²) in [6.07, 6.45) is 4.17. The number of hydrogen-bond donors (Lipinski definition) is 0. The molecule has 0 heterocycles. The van der Waals surface area contributed by atoms with Crippen molar-refractivity contribution >= 4 is 17.3 Å². The van der Waals surface area contributed by atoms with Crippen LogP contribution in [0.5, 0.6) is 0 Å². The molecule has 0 fully saturated rings. The average molecular weight is 212 g/mol. The summed E-state index contributed by atoms with van der Waals surface area (Å²) < 4.78 is 0. The molecule has 1 aromatic rings. The second kappa shape index (κ2) is 4.44. The first-order chi connectivity index (χ1) is 7.77. The first kappa shape index (κ1) is 10.2. The third-order valence-corrected chi connectivity index (χ3v) is 1.99. The minimum absolute atomic E-state index is 0.0661. The molecule has 0 saturated carbocycles. The van der Waals surface area contributed by atoms with E-state index in [0.717, 1.165) is 0 Å². The zero-order chi connectivity index (χ0) is 11.4. The molecule has 16 heavy (non-hydrogen) atoms. The molecular weight excluding hydrogens is 204 g/mol. The Bertz CT molecular complexity index is 513. The van der Waals surface area contributed by atoms with Gasteiger partial charge in [0.2, 0.25) is 5.78 Å². The molecular formula is C12H8N2O2. The number of benzene rings is 1. The van der Waals surface area contributed by atoms with Crippen molar-refractivity contribution in [3.8, 4) is 0 Å². The Hall–Kier alpha value is -2.36. The van der Waals surface area contributed by atoms with Crippen LogP contribution >= 0.6 is 0 Å². The van der Waals surface area contributed by atoms with Gasteiger partial charge in [-0.3, -0.25) is 9.59 Å². The first-order valence-electron chi connectivity index (χ1n) is 4.71. The first-order valence-corrected chi connectivity index (χ1v) is 4.71. The normalized spacial score (nSPS) is 15.6. The van der Waals surface area contributed by atoms with Gasteiger partial charge in [-0.15, -0.1) is 5.11 Å². The van der Waals surface area contributed by atoms with E-state index in [4.69, 9.17) is 0 Å². The molecule has 0 N–H and O–H groups in total. The maximum atomic E-state index is 11.3. The number of Topliss-reactive ketones (excluding diaryl/α,β-unsaturated/α-hetero) is 1. The summed E-state index contributed by atoms with van der Waals surface area (Å²) in [5.41, 5.74) is 0.703. The van der Waals surface area contributed by atoms with Crippen LogP contribution in [0.3, 0.4) is 0 Å². The Kier molecular flexibility index (Phi) is 2.82. The minimum atomic E-state index is -0.623. The van der Waals surface area contributed by atoms with Crippen LogP contribution in [0.2, 0.25) is 0 Å². The quantitative estimate of drug-likeness (QED) is 0.429. The lowest BCUT2D eigenvalue weighted by atomic mass is 10.1. The van der Waals surface area contributed by atoms with E-state index >= 15 is 0 Å². The topological polar surface area (TPSA) is 58.9 Å². The van der Waals surface area contributed by atoms with Crippen LogP contribution in [0.1, 0.15) is 0 Å². The SMILES string of the molecule is O=C1C=CC=C(N=Nc2ccccc2)C1=O. The lowest BCUT2D eigenvalue weighted by Gasteiger charge is -1.99. The molecule has 2 rings (SSSR count). The summed E-state index contributed by atoms with van der Waals surface area (Å²) in [4.78, 5) is 22.4. The number of hydrogen-bond acceptors (Lipinski definition) is 4. The molecule has 0 saturated heterocycles. The van der Waals surface area contributed by atoms with Crippen molar-refractivity contribution in [2.75, 3.05) is 0 Å². The zero-order valence-corrected chi connectivity index (χ0v) is 8.33. The van der Waals surface area contributed by atoms with Gasteiger partial charge in [0.1, 0.15) is 5.70 Å². The Labute approximate surface area is 92.0 Å². The molecule has 78 valence electrons. The van der Waals surface area contributed by atoms with E-state index in [2.05, 4.69) is 10.2 Å². The number of allylic oxidation sites excluding steroid dienone is 4. The van der Waals surface area contributed by atoms with Crippen molar-refractivity contribution in [2.24, 2.45) is 10.2 Å². The second-order valence-corrected chi connectivity index (χ2v) is 3.14. The van der Waals surface area contributed by atoms with Crippen LogP contribution in [-0.4, -0.2) is 11.6 Å². The Morgan fingerprint density at radius 3 is 2.44 bits per heavy atom. The van der Waals surface area contributed by atoms with Gasteiger partial charge in [-0.05, 0) is 24.3 Å². The zero-order valence-electron chi connectivity index (χ0n) is 8.33. The molecule has 0 spiro atoms. The summed E-state index contributed by atoms with van der Waals surface area (Å²) in [6, 6.07) is 9.01. The highest BCUT2D eigenvalue weighted by atomic mass is 16.2. The van der Waals surface area contributed by atoms with Crippen LogP contribution in [0.15, 0.2) is 64.5 Å². The molecule has 0 radical (unpaired) electrons. The fourth-order valence-electron chi connectivity index (χ4n) is 1.19. The lowest BCUT2D eigenvalue weighted by Crippen LogP contribution is -2.14. The van der Waals surface area contributed by atoms with Crippen LogP contribution < -0.4 is 0 Å². The van der Waals surface area contributed by atoms with Gasteiger partial charge >= 0.3 is 0 Å². The Balaban J connectivity index is 2.20. The second-order valence-electron chi connectivity index (χ2n) is 3.14. The van der Waals surface area contributed by atoms with E-state index in [1.54, 1.807) is 12.1 Å². The van der Waals surface area contributed by atoms with Crippen molar-refractivity contribution in [3.05, 3.63) is 54.3 Å². The maximum absolute atomic E-state index is 11.3. The maximum Gasteiger partial charge on any atom is 0.253 e. The van der Waals surface area contributed by atoms with E-state index in [0.29, 0.717) is 5.69 Å². The van der Waals surface area contributed by atoms with Gasteiger partial charge in [0.25, 0.3) is 5.78 Å². The highest BCUT2D eigenvalue weighted by Crippen LogP contribution is 2.14. The van der Waals surface area contributed by atoms with Gasteiger partial charge in [0, 0.05) is 0 Å². The molecule has 0 amide bonds. The molecule has 1 aliphatic rings. The summed E-state index contributed by atoms with van der Waals surface area (Å²) in [5.74, 6) is -1.19. The van der Waals surface area contributed by atoms with E-state index in [-0.39, 0.29) is 5.70 Å². The van der Waals surface area contributed by atoms with Crippen LogP contribution in [-0.2, 0) is 9.59 Å². The highest BCUT2D eigenvalue weighted by Gasteiger charge is 2.18. The van der Waals surface area contributed by atoms with Gasteiger partial charge in [-0.2, -0.15) is 5.11 Å². The largest absolute Gasteiger partial charge is 0.285 e. The number of rotatable bonds is 2. The van der Waals surface area contributed by atoms with E-state index in [1.807, 2.05) is 18.2 Å². The molecule has 1 aromatic carbocycles. The van der Waals surface area contributed by atoms with E-state index in [1.165, 1.54) is 18.2 Å². The molecule has 0 aliphatic heterocycles. The van der Waals surface area contributed by atoms with Crippen LogP contribution in [0.25, 0.3) is 0 Å². The molecule has 1 aliphatic carbocycles. The number of carbonyl (C=O) groups excluding carboxylic acids is 2. The summed E-state index contributed by atoms with van der Waals surface area (Å²) >= 11 is 0.